The molecule has 0 bridgehead atoms. The van der Waals surface area contributed by atoms with Crippen molar-refractivity contribution >= 4 is 12.2 Å². The van der Waals surface area contributed by atoms with Crippen LogP contribution in [0.25, 0.3) is 0 Å². The second kappa shape index (κ2) is 4.45. The maximum atomic E-state index is 5.80. The van der Waals surface area contributed by atoms with E-state index in [1.54, 1.807) is 0 Å². The predicted molar refractivity (Wildman–Crippen MR) is 60.0 cm³/mol. The minimum Gasteiger partial charge on any atom is -0.348 e. The van der Waals surface area contributed by atoms with Gasteiger partial charge >= 0.3 is 4.84 Å². The first-order valence-corrected chi connectivity index (χ1v) is 5.87. The molecule has 0 spiro atoms. The van der Waals surface area contributed by atoms with Crippen molar-refractivity contribution in [1.29, 1.82) is 0 Å². The van der Waals surface area contributed by atoms with Crippen LogP contribution in [0.1, 0.15) is 37.9 Å². The summed E-state index contributed by atoms with van der Waals surface area (Å²) < 4.78 is 4.96. The summed E-state index contributed by atoms with van der Waals surface area (Å²) in [6, 6.07) is 0. The molecule has 2 rings (SSSR count). The highest BCUT2D eigenvalue weighted by atomic mass is 32.1. The first-order chi connectivity index (χ1) is 7.20. The van der Waals surface area contributed by atoms with Crippen LogP contribution in [0.15, 0.2) is 4.52 Å². The number of H-pyrrole nitrogens is 1. The Morgan fingerprint density at radius 3 is 2.93 bits per heavy atom. The zero-order valence-electron chi connectivity index (χ0n) is 8.90. The molecule has 5 heteroatoms. The van der Waals surface area contributed by atoms with Crippen LogP contribution >= 0.6 is 12.2 Å². The van der Waals surface area contributed by atoms with Crippen molar-refractivity contribution in [2.45, 2.75) is 32.1 Å². The van der Waals surface area contributed by atoms with Crippen LogP contribution in [0, 0.1) is 16.7 Å². The third kappa shape index (κ3) is 2.29. The average molecular weight is 227 g/mol. The highest BCUT2D eigenvalue weighted by Crippen LogP contribution is 2.38. The second-order valence-corrected chi connectivity index (χ2v) is 4.84. The molecule has 3 unspecified atom stereocenters. The van der Waals surface area contributed by atoms with Crippen LogP contribution in [0.2, 0.25) is 0 Å². The number of nitrogens with two attached hydrogens (primary N) is 1. The summed E-state index contributed by atoms with van der Waals surface area (Å²) in [6.07, 6.45) is 3.76. The number of aromatic nitrogens is 2. The van der Waals surface area contributed by atoms with E-state index in [-0.39, 0.29) is 10.8 Å². The van der Waals surface area contributed by atoms with E-state index in [1.807, 2.05) is 0 Å². The summed E-state index contributed by atoms with van der Waals surface area (Å²) in [6.45, 7) is 2.90. The molecule has 1 heterocycles. The molecule has 0 radical (unpaired) electrons. The lowest BCUT2D eigenvalue weighted by Gasteiger charge is -2.18. The Hall–Kier alpha value is -0.680. The number of hydrogen-bond acceptors (Lipinski definition) is 4. The van der Waals surface area contributed by atoms with Gasteiger partial charge in [0.1, 0.15) is 5.82 Å². The lowest BCUT2D eigenvalue weighted by Crippen LogP contribution is -2.21. The maximum absolute atomic E-state index is 5.80. The van der Waals surface area contributed by atoms with Crippen molar-refractivity contribution in [1.82, 2.24) is 10.1 Å². The summed E-state index contributed by atoms with van der Waals surface area (Å²) in [4.78, 5) is 4.44. The van der Waals surface area contributed by atoms with E-state index in [0.717, 1.165) is 11.7 Å². The van der Waals surface area contributed by atoms with Gasteiger partial charge < -0.3 is 10.3 Å². The lowest BCUT2D eigenvalue weighted by molar-refractivity contribution is 0.365. The first kappa shape index (κ1) is 10.8. The van der Waals surface area contributed by atoms with Crippen molar-refractivity contribution in [2.24, 2.45) is 17.6 Å². The van der Waals surface area contributed by atoms with Gasteiger partial charge in [0.25, 0.3) is 0 Å². The van der Waals surface area contributed by atoms with Crippen LogP contribution in [0.4, 0.5) is 0 Å². The quantitative estimate of drug-likeness (QED) is 0.777. The zero-order chi connectivity index (χ0) is 10.8. The first-order valence-electron chi connectivity index (χ1n) is 5.46. The molecule has 1 aliphatic rings. The Morgan fingerprint density at radius 2 is 2.47 bits per heavy atom. The van der Waals surface area contributed by atoms with Crippen molar-refractivity contribution < 1.29 is 4.52 Å². The standard InChI is InChI=1S/C10H17N3OS/c1-6-2-3-7(4-6)8(5-11)9-12-10(15)14-13-9/h6-8H,2-5,11H2,1H3,(H,12,13,15). The minimum absolute atomic E-state index is 0.273. The normalized spacial score (nSPS) is 28.1. The lowest BCUT2D eigenvalue weighted by atomic mass is 9.89. The molecule has 4 nitrogen and oxygen atoms in total. The number of nitrogens with one attached hydrogen (secondary N) is 1. The molecule has 1 saturated carbocycles. The van der Waals surface area contributed by atoms with E-state index < -0.39 is 0 Å². The van der Waals surface area contributed by atoms with Gasteiger partial charge in [-0.15, -0.1) is 0 Å². The van der Waals surface area contributed by atoms with E-state index in [4.69, 9.17) is 22.5 Å². The van der Waals surface area contributed by atoms with Gasteiger partial charge in [0.05, 0.1) is 0 Å². The highest BCUT2D eigenvalue weighted by Gasteiger charge is 2.30. The fraction of sp³-hybridized carbons (Fsp3) is 0.800. The largest absolute Gasteiger partial charge is 0.348 e. The summed E-state index contributed by atoms with van der Waals surface area (Å²) >= 11 is 4.85. The molecule has 3 atom stereocenters. The van der Waals surface area contributed by atoms with E-state index in [0.29, 0.717) is 12.5 Å². The van der Waals surface area contributed by atoms with Crippen LogP contribution < -0.4 is 5.73 Å². The summed E-state index contributed by atoms with van der Waals surface area (Å²) in [7, 11) is 0. The molecule has 1 aromatic rings. The molecule has 3 N–H and O–H groups in total. The van der Waals surface area contributed by atoms with Crippen LogP contribution in [0.3, 0.4) is 0 Å². The highest BCUT2D eigenvalue weighted by molar-refractivity contribution is 7.71. The second-order valence-electron chi connectivity index (χ2n) is 4.49. The van der Waals surface area contributed by atoms with Gasteiger partial charge in [-0.2, -0.15) is 4.98 Å². The molecular weight excluding hydrogens is 210 g/mol. The van der Waals surface area contributed by atoms with Gasteiger partial charge in [-0.1, -0.05) is 13.3 Å². The average Bonchev–Trinajstić information content (AvgIpc) is 2.78. The number of nitrogens with zero attached hydrogens (tertiary/aromatic N) is 1. The summed E-state index contributed by atoms with van der Waals surface area (Å²) in [5.74, 6) is 2.52. The number of aromatic amines is 1. The van der Waals surface area contributed by atoms with E-state index in [2.05, 4.69) is 17.1 Å². The number of hydrogen-bond donors (Lipinski definition) is 2. The summed E-state index contributed by atoms with van der Waals surface area (Å²) in [5.41, 5.74) is 5.80. The molecule has 1 aliphatic carbocycles. The molecular formula is C10H17N3OS. The van der Waals surface area contributed by atoms with Gasteiger partial charge in [-0.25, -0.2) is 5.16 Å². The van der Waals surface area contributed by atoms with Gasteiger partial charge in [0.2, 0.25) is 0 Å². The summed E-state index contributed by atoms with van der Waals surface area (Å²) in [5, 5.41) is 2.78. The SMILES string of the molecule is CC1CCC(C(CN)c2nc(=S)o[nH]2)C1. The van der Waals surface area contributed by atoms with Crippen molar-refractivity contribution in [3.63, 3.8) is 0 Å². The Kier molecular flexibility index (Phi) is 3.21. The predicted octanol–water partition coefficient (Wildman–Crippen LogP) is 2.21. The minimum atomic E-state index is 0.273. The van der Waals surface area contributed by atoms with E-state index in [1.165, 1.54) is 19.3 Å². The third-order valence-corrected chi connectivity index (χ3v) is 3.54. The molecule has 1 aromatic heterocycles. The van der Waals surface area contributed by atoms with Crippen LogP contribution in [0.5, 0.6) is 0 Å². The zero-order valence-corrected chi connectivity index (χ0v) is 9.72. The molecule has 0 aromatic carbocycles. The van der Waals surface area contributed by atoms with Crippen molar-refractivity contribution in [3.05, 3.63) is 10.7 Å². The molecule has 84 valence electrons. The van der Waals surface area contributed by atoms with Crippen molar-refractivity contribution in [3.8, 4) is 0 Å². The maximum Gasteiger partial charge on any atom is 0.314 e. The fourth-order valence-corrected chi connectivity index (χ4v) is 2.68. The van der Waals surface area contributed by atoms with Gasteiger partial charge in [-0.05, 0) is 36.9 Å². The number of rotatable bonds is 3. The molecule has 0 aliphatic heterocycles. The van der Waals surface area contributed by atoms with Gasteiger partial charge in [0.15, 0.2) is 0 Å². The molecule has 0 amide bonds. The molecule has 15 heavy (non-hydrogen) atoms. The Labute approximate surface area is 94.2 Å². The van der Waals surface area contributed by atoms with Crippen LogP contribution in [-0.2, 0) is 0 Å². The van der Waals surface area contributed by atoms with E-state index >= 15 is 0 Å². The Bertz CT molecular complexity index is 373. The van der Waals surface area contributed by atoms with Crippen LogP contribution in [-0.4, -0.2) is 16.7 Å². The van der Waals surface area contributed by atoms with Gasteiger partial charge in [0, 0.05) is 12.5 Å². The monoisotopic (exact) mass is 227 g/mol. The molecule has 0 saturated heterocycles. The Morgan fingerprint density at radius 1 is 1.67 bits per heavy atom. The molecule has 1 fully saturated rings. The van der Waals surface area contributed by atoms with Gasteiger partial charge in [-0.3, -0.25) is 0 Å². The smallest absolute Gasteiger partial charge is 0.314 e. The van der Waals surface area contributed by atoms with Crippen molar-refractivity contribution in [2.75, 3.05) is 6.54 Å². The topological polar surface area (TPSA) is 67.8 Å². The van der Waals surface area contributed by atoms with E-state index in [9.17, 15) is 0 Å². The third-order valence-electron chi connectivity index (χ3n) is 3.36. The Balaban J connectivity index is 2.13. The fourth-order valence-electron chi connectivity index (χ4n) is 2.54.